The van der Waals surface area contributed by atoms with Crippen LogP contribution < -0.4 is 4.74 Å². The molecule has 1 aromatic heterocycles. The molecule has 0 N–H and O–H groups in total. The summed E-state index contributed by atoms with van der Waals surface area (Å²) in [6.07, 6.45) is 0.739. The van der Waals surface area contributed by atoms with Crippen LogP contribution in [0.1, 0.15) is 12.0 Å². The molecule has 21 heavy (non-hydrogen) atoms. The minimum absolute atomic E-state index is 0.382. The molecule has 110 valence electrons. The predicted octanol–water partition coefficient (Wildman–Crippen LogP) is 2.54. The van der Waals surface area contributed by atoms with Crippen molar-refractivity contribution in [1.82, 2.24) is 4.98 Å². The SMILES string of the molecule is COCCOCCCOc1nc2ccccc2cc1C#N. The Balaban J connectivity index is 1.90. The van der Waals surface area contributed by atoms with E-state index in [2.05, 4.69) is 11.1 Å². The van der Waals surface area contributed by atoms with Crippen molar-refractivity contribution < 1.29 is 14.2 Å². The number of para-hydroxylation sites is 1. The first kappa shape index (κ1) is 15.2. The Bertz CT molecular complexity index is 622. The summed E-state index contributed by atoms with van der Waals surface area (Å²) in [7, 11) is 1.64. The molecule has 0 bridgehead atoms. The topological polar surface area (TPSA) is 64.4 Å². The lowest BCUT2D eigenvalue weighted by molar-refractivity contribution is 0.0642. The summed E-state index contributed by atoms with van der Waals surface area (Å²) in [4.78, 5) is 4.39. The molecule has 2 rings (SSSR count). The third-order valence-electron chi connectivity index (χ3n) is 2.91. The second-order valence-corrected chi connectivity index (χ2v) is 4.45. The smallest absolute Gasteiger partial charge is 0.232 e. The normalized spacial score (nSPS) is 10.5. The van der Waals surface area contributed by atoms with E-state index in [4.69, 9.17) is 19.5 Å². The fraction of sp³-hybridized carbons (Fsp3) is 0.375. The maximum Gasteiger partial charge on any atom is 0.232 e. The highest BCUT2D eigenvalue weighted by Crippen LogP contribution is 2.21. The van der Waals surface area contributed by atoms with Gasteiger partial charge in [0, 0.05) is 25.5 Å². The number of nitrogens with zero attached hydrogens (tertiary/aromatic N) is 2. The number of aromatic nitrogens is 1. The highest BCUT2D eigenvalue weighted by molar-refractivity contribution is 5.80. The lowest BCUT2D eigenvalue weighted by atomic mass is 10.1. The van der Waals surface area contributed by atoms with Gasteiger partial charge in [-0.2, -0.15) is 5.26 Å². The molecule has 0 saturated heterocycles. The van der Waals surface area contributed by atoms with Crippen LogP contribution in [0.4, 0.5) is 0 Å². The number of pyridine rings is 1. The Hall–Kier alpha value is -2.16. The molecule has 0 aliphatic heterocycles. The van der Waals surface area contributed by atoms with Crippen LogP contribution in [0.25, 0.3) is 10.9 Å². The van der Waals surface area contributed by atoms with Gasteiger partial charge in [-0.25, -0.2) is 4.98 Å². The van der Waals surface area contributed by atoms with Gasteiger partial charge in [0.2, 0.25) is 5.88 Å². The van der Waals surface area contributed by atoms with E-state index in [-0.39, 0.29) is 0 Å². The summed E-state index contributed by atoms with van der Waals surface area (Å²) in [5.74, 6) is 0.382. The third kappa shape index (κ3) is 4.42. The van der Waals surface area contributed by atoms with Gasteiger partial charge in [0.05, 0.1) is 25.3 Å². The predicted molar refractivity (Wildman–Crippen MR) is 79.3 cm³/mol. The zero-order valence-electron chi connectivity index (χ0n) is 12.0. The average Bonchev–Trinajstić information content (AvgIpc) is 2.53. The van der Waals surface area contributed by atoms with E-state index in [1.165, 1.54) is 0 Å². The Kier molecular flexibility index (Phi) is 5.95. The number of hydrogen-bond donors (Lipinski definition) is 0. The number of nitriles is 1. The largest absolute Gasteiger partial charge is 0.477 e. The molecule has 0 amide bonds. The Morgan fingerprint density at radius 2 is 2.00 bits per heavy atom. The summed E-state index contributed by atoms with van der Waals surface area (Å²) in [5, 5.41) is 10.1. The van der Waals surface area contributed by atoms with Crippen molar-refractivity contribution >= 4 is 10.9 Å². The van der Waals surface area contributed by atoms with Crippen molar-refractivity contribution in [2.45, 2.75) is 6.42 Å². The molecule has 1 aromatic carbocycles. The summed E-state index contributed by atoms with van der Waals surface area (Å²) in [6.45, 7) is 2.23. The fourth-order valence-corrected chi connectivity index (χ4v) is 1.86. The van der Waals surface area contributed by atoms with E-state index in [0.29, 0.717) is 37.9 Å². The number of ether oxygens (including phenoxy) is 3. The van der Waals surface area contributed by atoms with Crippen molar-refractivity contribution in [3.8, 4) is 11.9 Å². The molecular formula is C16H18N2O3. The average molecular weight is 286 g/mol. The molecule has 1 heterocycles. The van der Waals surface area contributed by atoms with Crippen molar-refractivity contribution in [3.05, 3.63) is 35.9 Å². The van der Waals surface area contributed by atoms with E-state index in [0.717, 1.165) is 17.3 Å². The number of rotatable bonds is 8. The Morgan fingerprint density at radius 1 is 1.14 bits per heavy atom. The second kappa shape index (κ2) is 8.20. The van der Waals surface area contributed by atoms with E-state index in [1.54, 1.807) is 13.2 Å². The first-order chi connectivity index (χ1) is 10.3. The molecule has 2 aromatic rings. The fourth-order valence-electron chi connectivity index (χ4n) is 1.86. The van der Waals surface area contributed by atoms with Gasteiger partial charge in [-0.15, -0.1) is 0 Å². The monoisotopic (exact) mass is 286 g/mol. The van der Waals surface area contributed by atoms with Crippen LogP contribution in [-0.4, -0.2) is 38.5 Å². The zero-order valence-corrected chi connectivity index (χ0v) is 12.0. The maximum atomic E-state index is 9.17. The van der Waals surface area contributed by atoms with Gasteiger partial charge >= 0.3 is 0 Å². The molecule has 0 spiro atoms. The minimum Gasteiger partial charge on any atom is -0.477 e. The summed E-state index contributed by atoms with van der Waals surface area (Å²) in [6, 6.07) is 11.6. The van der Waals surface area contributed by atoms with E-state index in [9.17, 15) is 0 Å². The quantitative estimate of drug-likeness (QED) is 0.698. The van der Waals surface area contributed by atoms with Crippen LogP contribution in [0.2, 0.25) is 0 Å². The molecule has 5 nitrogen and oxygen atoms in total. The van der Waals surface area contributed by atoms with Gasteiger partial charge in [0.1, 0.15) is 11.6 Å². The lowest BCUT2D eigenvalue weighted by Crippen LogP contribution is -2.08. The van der Waals surface area contributed by atoms with Gasteiger partial charge in [0.25, 0.3) is 0 Å². The first-order valence-electron chi connectivity index (χ1n) is 6.84. The van der Waals surface area contributed by atoms with Gasteiger partial charge in [-0.05, 0) is 12.1 Å². The molecule has 0 fully saturated rings. The standard InChI is InChI=1S/C16H18N2O3/c1-19-9-10-20-7-4-8-21-16-14(12-17)11-13-5-2-3-6-15(13)18-16/h2-3,5-6,11H,4,7-10H2,1H3. The molecule has 0 radical (unpaired) electrons. The van der Waals surface area contributed by atoms with Gasteiger partial charge < -0.3 is 14.2 Å². The highest BCUT2D eigenvalue weighted by Gasteiger charge is 2.07. The van der Waals surface area contributed by atoms with Gasteiger partial charge in [-0.1, -0.05) is 18.2 Å². The molecule has 0 unspecified atom stereocenters. The van der Waals surface area contributed by atoms with Crippen LogP contribution in [0.15, 0.2) is 30.3 Å². The first-order valence-corrected chi connectivity index (χ1v) is 6.84. The molecular weight excluding hydrogens is 268 g/mol. The molecule has 0 atom stereocenters. The third-order valence-corrected chi connectivity index (χ3v) is 2.91. The zero-order chi connectivity index (χ0) is 14.9. The summed E-state index contributed by atoms with van der Waals surface area (Å²) >= 11 is 0. The number of fused-ring (bicyclic) bond motifs is 1. The molecule has 0 saturated carbocycles. The van der Waals surface area contributed by atoms with Crippen LogP contribution in [0.5, 0.6) is 5.88 Å². The van der Waals surface area contributed by atoms with Crippen molar-refractivity contribution in [1.29, 1.82) is 5.26 Å². The van der Waals surface area contributed by atoms with Crippen LogP contribution in [0.3, 0.4) is 0 Å². The number of benzene rings is 1. The summed E-state index contributed by atoms with van der Waals surface area (Å²) < 4.78 is 15.8. The second-order valence-electron chi connectivity index (χ2n) is 4.45. The van der Waals surface area contributed by atoms with Crippen LogP contribution in [-0.2, 0) is 9.47 Å². The van der Waals surface area contributed by atoms with Crippen LogP contribution in [0, 0.1) is 11.3 Å². The maximum absolute atomic E-state index is 9.17. The van der Waals surface area contributed by atoms with Crippen LogP contribution >= 0.6 is 0 Å². The van der Waals surface area contributed by atoms with Gasteiger partial charge in [0.15, 0.2) is 0 Å². The molecule has 0 aliphatic rings. The van der Waals surface area contributed by atoms with Crippen molar-refractivity contribution in [2.24, 2.45) is 0 Å². The number of hydrogen-bond acceptors (Lipinski definition) is 5. The van der Waals surface area contributed by atoms with Crippen molar-refractivity contribution in [2.75, 3.05) is 33.5 Å². The van der Waals surface area contributed by atoms with E-state index >= 15 is 0 Å². The molecule has 0 aliphatic carbocycles. The van der Waals surface area contributed by atoms with E-state index in [1.807, 2.05) is 24.3 Å². The number of methoxy groups -OCH3 is 1. The van der Waals surface area contributed by atoms with Gasteiger partial charge in [-0.3, -0.25) is 0 Å². The Morgan fingerprint density at radius 3 is 2.81 bits per heavy atom. The summed E-state index contributed by atoms with van der Waals surface area (Å²) in [5.41, 5.74) is 1.27. The molecule has 5 heteroatoms. The Labute approximate surface area is 124 Å². The minimum atomic E-state index is 0.382. The highest BCUT2D eigenvalue weighted by atomic mass is 16.5. The van der Waals surface area contributed by atoms with E-state index < -0.39 is 0 Å². The lowest BCUT2D eigenvalue weighted by Gasteiger charge is -2.08. The van der Waals surface area contributed by atoms with Crippen molar-refractivity contribution in [3.63, 3.8) is 0 Å².